The Labute approximate surface area is 276 Å². The number of carbonyl (C=O) groups is 2. The largest absolute Gasteiger partial charge is 0.396 e. The van der Waals surface area contributed by atoms with Crippen LogP contribution in [0.15, 0.2) is 30.3 Å². The van der Waals surface area contributed by atoms with Crippen molar-refractivity contribution in [3.05, 3.63) is 35.9 Å². The summed E-state index contributed by atoms with van der Waals surface area (Å²) in [5.41, 5.74) is 11.7. The Morgan fingerprint density at radius 2 is 1.02 bits per heavy atom. The van der Waals surface area contributed by atoms with Gasteiger partial charge in [0.15, 0.2) is 0 Å². The highest BCUT2D eigenvalue weighted by atomic mass is 16.3. The van der Waals surface area contributed by atoms with Crippen molar-refractivity contribution in [3.63, 3.8) is 0 Å². The van der Waals surface area contributed by atoms with Crippen LogP contribution in [0.25, 0.3) is 0 Å². The second-order valence-corrected chi connectivity index (χ2v) is 13.3. The van der Waals surface area contributed by atoms with Crippen LogP contribution in [0.4, 0.5) is 0 Å². The highest BCUT2D eigenvalue weighted by molar-refractivity contribution is 5.76. The Bertz CT molecular complexity index is 685. The number of hydrogen-bond donors (Lipinski definition) is 4. The summed E-state index contributed by atoms with van der Waals surface area (Å²) in [5.74, 6) is 4.46. The Morgan fingerprint density at radius 3 is 1.16 bits per heavy atom. The van der Waals surface area contributed by atoms with E-state index in [0.29, 0.717) is 42.0 Å². The van der Waals surface area contributed by atoms with E-state index in [9.17, 15) is 9.59 Å². The average Bonchev–Trinajstić information content (AvgIpc) is 2.89. The quantitative estimate of drug-likeness (QED) is 0.144. The summed E-state index contributed by atoms with van der Waals surface area (Å²) in [4.78, 5) is 20.5. The summed E-state index contributed by atoms with van der Waals surface area (Å²) in [6, 6.07) is 10.6. The predicted molar refractivity (Wildman–Crippen MR) is 198 cm³/mol. The van der Waals surface area contributed by atoms with E-state index in [1.165, 1.54) is 12.0 Å². The number of Topliss-reactive ketones (excluding diaryl/α,β-unsaturated/α-hetero) is 2. The summed E-state index contributed by atoms with van der Waals surface area (Å²) < 4.78 is 0. The second-order valence-electron chi connectivity index (χ2n) is 13.3. The normalized spacial score (nSPS) is 9.55. The molecule has 0 aliphatic rings. The van der Waals surface area contributed by atoms with Crippen LogP contribution in [-0.2, 0) is 16.0 Å². The van der Waals surface area contributed by atoms with Gasteiger partial charge >= 0.3 is 0 Å². The van der Waals surface area contributed by atoms with Gasteiger partial charge in [0.2, 0.25) is 0 Å². The van der Waals surface area contributed by atoms with E-state index < -0.39 is 0 Å². The number of nitrogens with one attached hydrogen (secondary N) is 1. The monoisotopic (exact) mass is 626 g/mol. The molecule has 0 heterocycles. The van der Waals surface area contributed by atoms with Crippen LogP contribution in [-0.4, -0.2) is 35.7 Å². The number of amidine groups is 1. The number of nitrogens with two attached hydrogens (primary N) is 2. The predicted octanol–water partition coefficient (Wildman–Crippen LogP) is 9.75. The van der Waals surface area contributed by atoms with Crippen LogP contribution in [0.2, 0.25) is 0 Å². The minimum atomic E-state index is 0.287. The van der Waals surface area contributed by atoms with Crippen LogP contribution >= 0.6 is 0 Å². The van der Waals surface area contributed by atoms with Gasteiger partial charge in [0.25, 0.3) is 0 Å². The maximum atomic E-state index is 10.3. The molecule has 6 nitrogen and oxygen atoms in total. The summed E-state index contributed by atoms with van der Waals surface area (Å²) >= 11 is 0. The van der Waals surface area contributed by atoms with Crippen molar-refractivity contribution < 1.29 is 14.7 Å². The number of rotatable bonds is 11. The smallest absolute Gasteiger partial charge is 0.130 e. The minimum Gasteiger partial charge on any atom is -0.396 e. The fourth-order valence-corrected chi connectivity index (χ4v) is 2.68. The Balaban J connectivity index is -0.0000000990. The van der Waals surface area contributed by atoms with Gasteiger partial charge in [-0.25, -0.2) is 0 Å². The molecule has 0 radical (unpaired) electrons. The van der Waals surface area contributed by atoms with Crippen molar-refractivity contribution in [3.8, 4) is 0 Å². The van der Waals surface area contributed by atoms with Crippen LogP contribution in [0.5, 0.6) is 0 Å². The zero-order valence-electron chi connectivity index (χ0n) is 32.2. The molecule has 0 saturated heterocycles. The first-order valence-corrected chi connectivity index (χ1v) is 16.9. The number of ketones is 2. The third kappa shape index (κ3) is 83.4. The van der Waals surface area contributed by atoms with Crippen molar-refractivity contribution in [2.24, 2.45) is 47.0 Å². The van der Waals surface area contributed by atoms with E-state index in [1.54, 1.807) is 13.8 Å². The van der Waals surface area contributed by atoms with Gasteiger partial charge in [-0.1, -0.05) is 127 Å². The lowest BCUT2D eigenvalue weighted by atomic mass is 10.0. The lowest BCUT2D eigenvalue weighted by molar-refractivity contribution is -0.118. The van der Waals surface area contributed by atoms with Crippen molar-refractivity contribution in [1.82, 2.24) is 0 Å². The first kappa shape index (κ1) is 54.4. The van der Waals surface area contributed by atoms with Gasteiger partial charge in [0, 0.05) is 25.9 Å². The summed E-state index contributed by atoms with van der Waals surface area (Å²) in [6.07, 6.45) is 4.42. The molecule has 6 N–H and O–H groups in total. The van der Waals surface area contributed by atoms with E-state index in [1.807, 2.05) is 55.4 Å². The Morgan fingerprint density at radius 1 is 0.682 bits per heavy atom. The number of aliphatic hydroxyl groups excluding tert-OH is 1. The zero-order valence-corrected chi connectivity index (χ0v) is 32.2. The van der Waals surface area contributed by atoms with E-state index in [2.05, 4.69) is 71.9 Å². The zero-order chi connectivity index (χ0) is 36.3. The van der Waals surface area contributed by atoms with Gasteiger partial charge < -0.3 is 26.2 Å². The SMILES string of the molecule is CC.CC(=O)CC(C)C.CC(=O)CC(C)C.CC(C)CCC(=N)N.CC(C)CN.CC(C)CO.CC(C)Cc1ccccc1. The molecule has 0 spiro atoms. The van der Waals surface area contributed by atoms with E-state index in [0.717, 1.165) is 38.1 Å². The lowest BCUT2D eigenvalue weighted by Gasteiger charge is -2.02. The van der Waals surface area contributed by atoms with Crippen molar-refractivity contribution in [1.29, 1.82) is 5.41 Å². The molecule has 264 valence electrons. The Hall–Kier alpha value is -2.05. The molecule has 1 rings (SSSR count). The highest BCUT2D eigenvalue weighted by Crippen LogP contribution is 2.06. The topological polar surface area (TPSA) is 130 Å². The molecule has 1 aromatic rings. The minimum absolute atomic E-state index is 0.287. The van der Waals surface area contributed by atoms with Gasteiger partial charge in [0.05, 0.1) is 5.84 Å². The molecular formula is C38H79N3O3. The number of aliphatic hydroxyl groups is 1. The number of carbonyl (C=O) groups excluding carboxylic acids is 2. The van der Waals surface area contributed by atoms with E-state index in [4.69, 9.17) is 22.0 Å². The fraction of sp³-hybridized carbons (Fsp3) is 0.763. The molecule has 0 fully saturated rings. The molecule has 0 aromatic heterocycles. The van der Waals surface area contributed by atoms with Crippen molar-refractivity contribution in [2.45, 2.75) is 143 Å². The van der Waals surface area contributed by atoms with Gasteiger partial charge in [-0.2, -0.15) is 0 Å². The van der Waals surface area contributed by atoms with Crippen LogP contribution in [0.3, 0.4) is 0 Å². The van der Waals surface area contributed by atoms with Crippen molar-refractivity contribution in [2.75, 3.05) is 13.2 Å². The van der Waals surface area contributed by atoms with Gasteiger partial charge in [-0.05, 0) is 74.3 Å². The second kappa shape index (κ2) is 41.0. The fourth-order valence-electron chi connectivity index (χ4n) is 2.68. The number of benzene rings is 1. The molecule has 0 bridgehead atoms. The first-order chi connectivity index (χ1) is 20.2. The van der Waals surface area contributed by atoms with Gasteiger partial charge in [-0.3, -0.25) is 5.41 Å². The Kier molecular flexibility index (Phi) is 50.7. The van der Waals surface area contributed by atoms with Crippen LogP contribution in [0.1, 0.15) is 142 Å². The molecule has 0 amide bonds. The van der Waals surface area contributed by atoms with Crippen molar-refractivity contribution >= 4 is 17.4 Å². The molecular weight excluding hydrogens is 546 g/mol. The third-order valence-electron chi connectivity index (χ3n) is 4.71. The molecule has 0 saturated carbocycles. The molecule has 0 aliphatic heterocycles. The first-order valence-electron chi connectivity index (χ1n) is 16.9. The van der Waals surface area contributed by atoms with E-state index >= 15 is 0 Å². The lowest BCUT2D eigenvalue weighted by Crippen LogP contribution is -2.09. The van der Waals surface area contributed by atoms with Gasteiger partial charge in [0.1, 0.15) is 11.6 Å². The maximum absolute atomic E-state index is 10.3. The molecule has 6 heteroatoms. The number of hydrogen-bond acceptors (Lipinski definition) is 5. The average molecular weight is 626 g/mol. The summed E-state index contributed by atoms with van der Waals surface area (Å²) in [7, 11) is 0. The standard InChI is InChI=1S/C10H14.C6H14N2.2C6H12O.C4H11N.C4H10O.C2H6/c1-9(2)8-10-6-4-3-5-7-10;1-5(2)3-4-6(7)8;2*1-5(2)4-6(3)7;2*1-4(2)3-5;1-2/h3-7,9H,8H2,1-2H3;5H,3-4H2,1-2H3,(H3,7,8);2*5H,4H2,1-3H3;4H,3,5H2,1-2H3;4-5H,3H2,1-2H3;1-2H3. The highest BCUT2D eigenvalue weighted by Gasteiger charge is 1.96. The van der Waals surface area contributed by atoms with Gasteiger partial charge in [-0.15, -0.1) is 0 Å². The summed E-state index contributed by atoms with van der Waals surface area (Å²) in [6.45, 7) is 33.4. The van der Waals surface area contributed by atoms with E-state index in [-0.39, 0.29) is 11.6 Å². The summed E-state index contributed by atoms with van der Waals surface area (Å²) in [5, 5.41) is 15.0. The van der Waals surface area contributed by atoms with Crippen LogP contribution in [0, 0.1) is 40.9 Å². The molecule has 0 aliphatic carbocycles. The molecule has 0 atom stereocenters. The molecule has 44 heavy (non-hydrogen) atoms. The molecule has 1 aromatic carbocycles. The third-order valence-corrected chi connectivity index (χ3v) is 4.71. The molecule has 0 unspecified atom stereocenters. The maximum Gasteiger partial charge on any atom is 0.130 e. The van der Waals surface area contributed by atoms with Crippen LogP contribution < -0.4 is 11.5 Å².